The normalized spacial score (nSPS) is 25.1. The van der Waals surface area contributed by atoms with Crippen molar-refractivity contribution in [3.05, 3.63) is 29.3 Å². The van der Waals surface area contributed by atoms with Gasteiger partial charge in [-0.15, -0.1) is 0 Å². The van der Waals surface area contributed by atoms with E-state index in [0.717, 1.165) is 11.7 Å². The van der Waals surface area contributed by atoms with E-state index in [-0.39, 0.29) is 6.04 Å². The summed E-state index contributed by atoms with van der Waals surface area (Å²) < 4.78 is 5.75. The summed E-state index contributed by atoms with van der Waals surface area (Å²) in [5.41, 5.74) is 8.99. The molecule has 2 N–H and O–H groups in total. The van der Waals surface area contributed by atoms with Crippen molar-refractivity contribution in [3.63, 3.8) is 0 Å². The maximum Gasteiger partial charge on any atom is 0.124 e. The number of aryl methyl sites for hydroxylation is 1. The van der Waals surface area contributed by atoms with Crippen LogP contribution in [0.5, 0.6) is 5.75 Å². The van der Waals surface area contributed by atoms with Gasteiger partial charge >= 0.3 is 0 Å². The molecule has 19 heavy (non-hydrogen) atoms. The van der Waals surface area contributed by atoms with Gasteiger partial charge in [0.05, 0.1) is 6.61 Å². The smallest absolute Gasteiger partial charge is 0.124 e. The third-order valence-corrected chi connectivity index (χ3v) is 4.39. The first kappa shape index (κ1) is 14.4. The van der Waals surface area contributed by atoms with Gasteiger partial charge in [0.1, 0.15) is 5.75 Å². The van der Waals surface area contributed by atoms with E-state index in [1.807, 2.05) is 6.92 Å². The maximum absolute atomic E-state index is 6.54. The van der Waals surface area contributed by atoms with Crippen molar-refractivity contribution in [2.75, 3.05) is 6.61 Å². The molecule has 106 valence electrons. The fourth-order valence-corrected chi connectivity index (χ4v) is 3.11. The molecule has 1 aromatic carbocycles. The molecule has 0 radical (unpaired) electrons. The monoisotopic (exact) mass is 261 g/mol. The van der Waals surface area contributed by atoms with E-state index in [2.05, 4.69) is 32.0 Å². The van der Waals surface area contributed by atoms with E-state index < -0.39 is 0 Å². The van der Waals surface area contributed by atoms with Crippen LogP contribution in [0.15, 0.2) is 18.2 Å². The lowest BCUT2D eigenvalue weighted by Crippen LogP contribution is -2.26. The Hall–Kier alpha value is -1.02. The summed E-state index contributed by atoms with van der Waals surface area (Å²) in [6.45, 7) is 7.19. The van der Waals surface area contributed by atoms with Crippen LogP contribution in [0.2, 0.25) is 0 Å². The van der Waals surface area contributed by atoms with Crippen molar-refractivity contribution in [2.45, 2.75) is 52.5 Å². The van der Waals surface area contributed by atoms with Crippen LogP contribution < -0.4 is 10.5 Å². The molecular formula is C17H27NO. The van der Waals surface area contributed by atoms with Gasteiger partial charge in [-0.1, -0.05) is 37.5 Å². The molecule has 0 heterocycles. The lowest BCUT2D eigenvalue weighted by Gasteiger charge is -2.31. The number of hydrogen-bond donors (Lipinski definition) is 1. The first-order chi connectivity index (χ1) is 9.11. The van der Waals surface area contributed by atoms with Crippen LogP contribution >= 0.6 is 0 Å². The van der Waals surface area contributed by atoms with Gasteiger partial charge in [0.2, 0.25) is 0 Å². The predicted octanol–water partition coefficient (Wildman–Crippen LogP) is 4.22. The van der Waals surface area contributed by atoms with Crippen molar-refractivity contribution >= 4 is 0 Å². The first-order valence-electron chi connectivity index (χ1n) is 7.60. The van der Waals surface area contributed by atoms with E-state index in [4.69, 9.17) is 10.5 Å². The molecule has 0 amide bonds. The lowest BCUT2D eigenvalue weighted by atomic mass is 9.77. The summed E-state index contributed by atoms with van der Waals surface area (Å²) in [7, 11) is 0. The summed E-state index contributed by atoms with van der Waals surface area (Å²) in [6.07, 6.45) is 5.13. The highest BCUT2D eigenvalue weighted by atomic mass is 16.5. The minimum atomic E-state index is 0.119. The number of rotatable bonds is 4. The second kappa shape index (κ2) is 6.42. The van der Waals surface area contributed by atoms with Crippen LogP contribution in [0.1, 0.15) is 56.7 Å². The summed E-state index contributed by atoms with van der Waals surface area (Å²) in [6, 6.07) is 6.49. The summed E-state index contributed by atoms with van der Waals surface area (Å²) in [5, 5.41) is 0. The van der Waals surface area contributed by atoms with Crippen molar-refractivity contribution in [2.24, 2.45) is 17.6 Å². The number of nitrogens with two attached hydrogens (primary N) is 1. The molecule has 1 aliphatic rings. The lowest BCUT2D eigenvalue weighted by molar-refractivity contribution is 0.250. The van der Waals surface area contributed by atoms with E-state index in [1.165, 1.54) is 36.8 Å². The Labute approximate surface area is 117 Å². The van der Waals surface area contributed by atoms with Crippen molar-refractivity contribution in [1.82, 2.24) is 0 Å². The zero-order valence-electron chi connectivity index (χ0n) is 12.5. The molecule has 1 saturated carbocycles. The Bertz CT molecular complexity index is 408. The molecule has 2 heteroatoms. The third kappa shape index (κ3) is 3.50. The molecule has 0 aliphatic heterocycles. The third-order valence-electron chi connectivity index (χ3n) is 4.39. The molecule has 0 bridgehead atoms. The molecule has 1 fully saturated rings. The Morgan fingerprint density at radius 1 is 1.26 bits per heavy atom. The minimum absolute atomic E-state index is 0.119. The Morgan fingerprint density at radius 3 is 2.58 bits per heavy atom. The number of ether oxygens (including phenoxy) is 1. The average molecular weight is 261 g/mol. The largest absolute Gasteiger partial charge is 0.494 e. The molecule has 2 rings (SSSR count). The van der Waals surface area contributed by atoms with E-state index in [1.54, 1.807) is 0 Å². The van der Waals surface area contributed by atoms with E-state index in [9.17, 15) is 0 Å². The summed E-state index contributed by atoms with van der Waals surface area (Å²) in [4.78, 5) is 0. The van der Waals surface area contributed by atoms with Gasteiger partial charge < -0.3 is 10.5 Å². The second-order valence-electron chi connectivity index (χ2n) is 6.02. The quantitative estimate of drug-likeness (QED) is 0.880. The predicted molar refractivity (Wildman–Crippen MR) is 80.4 cm³/mol. The molecule has 0 spiro atoms. The standard InChI is InChI=1S/C17H27NO/c1-4-19-16-10-7-13(3)11-15(16)17(18)14-8-5-12(2)6-9-14/h7,10-12,14,17H,4-6,8-9,18H2,1-3H3. The van der Waals surface area contributed by atoms with Gasteiger partial charge in [0.25, 0.3) is 0 Å². The molecule has 1 aromatic rings. The second-order valence-corrected chi connectivity index (χ2v) is 6.02. The Balaban J connectivity index is 2.17. The summed E-state index contributed by atoms with van der Waals surface area (Å²) in [5.74, 6) is 2.45. The van der Waals surface area contributed by atoms with Crippen LogP contribution in [0.4, 0.5) is 0 Å². The molecule has 0 aromatic heterocycles. The highest BCUT2D eigenvalue weighted by Gasteiger charge is 2.26. The zero-order valence-corrected chi connectivity index (χ0v) is 12.5. The van der Waals surface area contributed by atoms with Crippen LogP contribution in [0, 0.1) is 18.8 Å². The molecule has 0 saturated heterocycles. The van der Waals surface area contributed by atoms with Gasteiger partial charge in [-0.2, -0.15) is 0 Å². The number of benzene rings is 1. The van der Waals surface area contributed by atoms with Gasteiger partial charge in [-0.25, -0.2) is 0 Å². The minimum Gasteiger partial charge on any atom is -0.494 e. The van der Waals surface area contributed by atoms with Gasteiger partial charge in [0, 0.05) is 11.6 Å². The Morgan fingerprint density at radius 2 is 1.95 bits per heavy atom. The van der Waals surface area contributed by atoms with Crippen molar-refractivity contribution in [1.29, 1.82) is 0 Å². The van der Waals surface area contributed by atoms with E-state index in [0.29, 0.717) is 12.5 Å². The SMILES string of the molecule is CCOc1ccc(C)cc1C(N)C1CCC(C)CC1. The topological polar surface area (TPSA) is 35.2 Å². The fourth-order valence-electron chi connectivity index (χ4n) is 3.11. The van der Waals surface area contributed by atoms with Gasteiger partial charge in [-0.3, -0.25) is 0 Å². The Kier molecular flexibility index (Phi) is 4.87. The van der Waals surface area contributed by atoms with Crippen molar-refractivity contribution in [3.8, 4) is 5.75 Å². The molecule has 1 atom stereocenters. The first-order valence-corrected chi connectivity index (χ1v) is 7.60. The van der Waals surface area contributed by atoms with Gasteiger partial charge in [0.15, 0.2) is 0 Å². The van der Waals surface area contributed by atoms with Crippen LogP contribution in [-0.4, -0.2) is 6.61 Å². The van der Waals surface area contributed by atoms with Gasteiger partial charge in [-0.05, 0) is 44.6 Å². The van der Waals surface area contributed by atoms with E-state index >= 15 is 0 Å². The maximum atomic E-state index is 6.54. The molecule has 1 aliphatic carbocycles. The van der Waals surface area contributed by atoms with Crippen LogP contribution in [-0.2, 0) is 0 Å². The summed E-state index contributed by atoms with van der Waals surface area (Å²) >= 11 is 0. The van der Waals surface area contributed by atoms with Crippen LogP contribution in [0.3, 0.4) is 0 Å². The highest BCUT2D eigenvalue weighted by Crippen LogP contribution is 2.38. The molecule has 2 nitrogen and oxygen atoms in total. The highest BCUT2D eigenvalue weighted by molar-refractivity contribution is 5.39. The molecular weight excluding hydrogens is 234 g/mol. The number of hydrogen-bond acceptors (Lipinski definition) is 2. The zero-order chi connectivity index (χ0) is 13.8. The molecule has 1 unspecified atom stereocenters. The van der Waals surface area contributed by atoms with Crippen LogP contribution in [0.25, 0.3) is 0 Å². The average Bonchev–Trinajstić information content (AvgIpc) is 2.41. The van der Waals surface area contributed by atoms with Crippen molar-refractivity contribution < 1.29 is 4.74 Å². The fraction of sp³-hybridized carbons (Fsp3) is 0.647.